The first-order valence-electron chi connectivity index (χ1n) is 13.1. The minimum absolute atomic E-state index is 0.0587. The molecular weight excluding hydrogens is 474 g/mol. The van der Waals surface area contributed by atoms with Crippen molar-refractivity contribution in [3.05, 3.63) is 34.9 Å². The number of carbonyl (C=O) groups is 3. The van der Waals surface area contributed by atoms with Crippen LogP contribution in [0.5, 0.6) is 0 Å². The molecule has 202 valence electrons. The number of aryl methyl sites for hydroxylation is 1. The fraction of sp³-hybridized carbons (Fsp3) is 0.679. The Bertz CT molecular complexity index is 915. The average molecular weight is 520 g/mol. The maximum Gasteiger partial charge on any atom is 0.408 e. The van der Waals surface area contributed by atoms with E-state index in [9.17, 15) is 14.4 Å². The van der Waals surface area contributed by atoms with E-state index in [2.05, 4.69) is 24.5 Å². The molecule has 4 atom stereocenters. The van der Waals surface area contributed by atoms with Crippen molar-refractivity contribution in [3.8, 4) is 0 Å². The number of rotatable bonds is 12. The third-order valence-electron chi connectivity index (χ3n) is 6.58. The fourth-order valence-electron chi connectivity index (χ4n) is 4.27. The summed E-state index contributed by atoms with van der Waals surface area (Å²) in [5, 5.41) is 5.88. The van der Waals surface area contributed by atoms with E-state index in [1.54, 1.807) is 37.4 Å². The molecule has 4 unspecified atom stereocenters. The van der Waals surface area contributed by atoms with Gasteiger partial charge in [0, 0.05) is 12.6 Å². The van der Waals surface area contributed by atoms with Gasteiger partial charge in [-0.1, -0.05) is 38.5 Å². The van der Waals surface area contributed by atoms with E-state index in [0.717, 1.165) is 36.0 Å². The summed E-state index contributed by atoms with van der Waals surface area (Å²) < 4.78 is 5.46. The summed E-state index contributed by atoms with van der Waals surface area (Å²) in [7, 11) is 0. The van der Waals surface area contributed by atoms with E-state index in [-0.39, 0.29) is 23.8 Å². The zero-order chi connectivity index (χ0) is 27.0. The normalized spacial score (nSPS) is 18.7. The standard InChI is InChI=1S/C28H45N3O4S/c1-9-10-15-29-25(32)24(21-13-11-12-18(2)20(21)4)31(23-17-19(23)3)26(33)22(14-16-36-8)30-27(34)35-28(5,6)7/h11-13,19,22-24H,9-10,14-17H2,1-8H3,(H,29,32)(H,30,34). The molecule has 0 saturated heterocycles. The number of thioether (sulfide) groups is 1. The van der Waals surface area contributed by atoms with Gasteiger partial charge in [0.05, 0.1) is 0 Å². The van der Waals surface area contributed by atoms with Crippen LogP contribution in [0.1, 0.15) is 83.0 Å². The van der Waals surface area contributed by atoms with Gasteiger partial charge in [-0.3, -0.25) is 9.59 Å². The molecule has 1 fully saturated rings. The third kappa shape index (κ3) is 8.43. The lowest BCUT2D eigenvalue weighted by molar-refractivity contribution is -0.143. The lowest BCUT2D eigenvalue weighted by Crippen LogP contribution is -2.54. The first kappa shape index (κ1) is 30.0. The van der Waals surface area contributed by atoms with Crippen molar-refractivity contribution in [3.63, 3.8) is 0 Å². The summed E-state index contributed by atoms with van der Waals surface area (Å²) in [6.07, 6.45) is 4.46. The Hall–Kier alpha value is -2.22. The van der Waals surface area contributed by atoms with Crippen molar-refractivity contribution in [2.45, 2.75) is 97.9 Å². The molecule has 1 aliphatic rings. The van der Waals surface area contributed by atoms with Gasteiger partial charge in [-0.15, -0.1) is 0 Å². The zero-order valence-corrected chi connectivity index (χ0v) is 24.1. The molecule has 7 nitrogen and oxygen atoms in total. The van der Waals surface area contributed by atoms with E-state index < -0.39 is 23.8 Å². The Balaban J connectivity index is 2.49. The van der Waals surface area contributed by atoms with Crippen LogP contribution >= 0.6 is 11.8 Å². The summed E-state index contributed by atoms with van der Waals surface area (Å²) in [6.45, 7) is 14.1. The second-order valence-electron chi connectivity index (χ2n) is 10.8. The Labute approximate surface area is 221 Å². The van der Waals surface area contributed by atoms with E-state index >= 15 is 0 Å². The maximum atomic E-state index is 14.2. The predicted molar refractivity (Wildman–Crippen MR) is 147 cm³/mol. The van der Waals surface area contributed by atoms with Crippen molar-refractivity contribution in [1.82, 2.24) is 15.5 Å². The van der Waals surface area contributed by atoms with Gasteiger partial charge in [0.15, 0.2) is 0 Å². The predicted octanol–water partition coefficient (Wildman–Crippen LogP) is 5.14. The molecule has 8 heteroatoms. The highest BCUT2D eigenvalue weighted by molar-refractivity contribution is 7.98. The molecule has 0 spiro atoms. The molecule has 0 bridgehead atoms. The second kappa shape index (κ2) is 13.4. The molecule has 1 saturated carbocycles. The molecule has 0 aromatic heterocycles. The number of amides is 3. The smallest absolute Gasteiger partial charge is 0.408 e. The number of benzene rings is 1. The van der Waals surface area contributed by atoms with Crippen LogP contribution in [0.4, 0.5) is 4.79 Å². The van der Waals surface area contributed by atoms with Crippen LogP contribution in [-0.2, 0) is 14.3 Å². The molecule has 1 aromatic carbocycles. The number of nitrogens with zero attached hydrogens (tertiary/aromatic N) is 1. The summed E-state index contributed by atoms with van der Waals surface area (Å²) in [6, 6.07) is 4.29. The first-order chi connectivity index (χ1) is 16.9. The minimum Gasteiger partial charge on any atom is -0.444 e. The number of hydrogen-bond donors (Lipinski definition) is 2. The van der Waals surface area contributed by atoms with Gasteiger partial charge in [0.25, 0.3) is 0 Å². The van der Waals surface area contributed by atoms with Crippen LogP contribution < -0.4 is 10.6 Å². The largest absolute Gasteiger partial charge is 0.444 e. The van der Waals surface area contributed by atoms with E-state index in [1.165, 1.54) is 0 Å². The highest BCUT2D eigenvalue weighted by Crippen LogP contribution is 2.41. The van der Waals surface area contributed by atoms with Crippen molar-refractivity contribution in [2.75, 3.05) is 18.6 Å². The number of alkyl carbamates (subject to hydrolysis) is 1. The van der Waals surface area contributed by atoms with Crippen LogP contribution in [0.15, 0.2) is 18.2 Å². The van der Waals surface area contributed by atoms with Gasteiger partial charge in [-0.2, -0.15) is 11.8 Å². The molecular formula is C28H45N3O4S. The van der Waals surface area contributed by atoms with Gasteiger partial charge in [-0.25, -0.2) is 4.79 Å². The fourth-order valence-corrected chi connectivity index (χ4v) is 4.74. The molecule has 2 N–H and O–H groups in total. The van der Waals surface area contributed by atoms with Crippen LogP contribution in [-0.4, -0.2) is 59.0 Å². The number of carbonyl (C=O) groups excluding carboxylic acids is 3. The quantitative estimate of drug-likeness (QED) is 0.373. The van der Waals surface area contributed by atoms with Crippen molar-refractivity contribution >= 4 is 29.7 Å². The number of hydrogen-bond acceptors (Lipinski definition) is 5. The monoisotopic (exact) mass is 519 g/mol. The highest BCUT2D eigenvalue weighted by atomic mass is 32.2. The molecule has 1 aliphatic carbocycles. The second-order valence-corrected chi connectivity index (χ2v) is 11.8. The summed E-state index contributed by atoms with van der Waals surface area (Å²) in [5.41, 5.74) is 2.22. The van der Waals surface area contributed by atoms with E-state index in [0.29, 0.717) is 18.7 Å². The van der Waals surface area contributed by atoms with Crippen molar-refractivity contribution in [1.29, 1.82) is 0 Å². The van der Waals surface area contributed by atoms with Crippen molar-refractivity contribution in [2.24, 2.45) is 5.92 Å². The molecule has 0 radical (unpaired) electrons. The Morgan fingerprint density at radius 1 is 1.22 bits per heavy atom. The van der Waals surface area contributed by atoms with Crippen molar-refractivity contribution < 1.29 is 19.1 Å². The van der Waals surface area contributed by atoms with Crippen LogP contribution in [0.3, 0.4) is 0 Å². The van der Waals surface area contributed by atoms with Gasteiger partial charge in [0.1, 0.15) is 17.7 Å². The number of unbranched alkanes of at least 4 members (excludes halogenated alkanes) is 1. The Kier molecular flexibility index (Phi) is 11.1. The molecule has 36 heavy (non-hydrogen) atoms. The molecule has 1 aromatic rings. The number of nitrogens with one attached hydrogen (secondary N) is 2. The minimum atomic E-state index is -0.781. The van der Waals surface area contributed by atoms with Gasteiger partial charge < -0.3 is 20.3 Å². The topological polar surface area (TPSA) is 87.7 Å². The van der Waals surface area contributed by atoms with Crippen LogP contribution in [0, 0.1) is 19.8 Å². The highest BCUT2D eigenvalue weighted by Gasteiger charge is 2.48. The van der Waals surface area contributed by atoms with E-state index in [4.69, 9.17) is 4.74 Å². The molecule has 2 rings (SSSR count). The molecule has 0 aliphatic heterocycles. The first-order valence-corrected chi connectivity index (χ1v) is 14.4. The average Bonchev–Trinajstić information content (AvgIpc) is 3.51. The Morgan fingerprint density at radius 2 is 1.89 bits per heavy atom. The SMILES string of the molecule is CCCCNC(=O)C(c1cccc(C)c1C)N(C(=O)C(CCSC)NC(=O)OC(C)(C)C)C1CC1C. The Morgan fingerprint density at radius 3 is 2.44 bits per heavy atom. The van der Waals surface area contributed by atoms with Gasteiger partial charge in [-0.05, 0) is 88.5 Å². The summed E-state index contributed by atoms with van der Waals surface area (Å²) in [5.74, 6) is 0.566. The van der Waals surface area contributed by atoms with Crippen LogP contribution in [0.25, 0.3) is 0 Å². The lowest BCUT2D eigenvalue weighted by atomic mass is 9.94. The van der Waals surface area contributed by atoms with Gasteiger partial charge in [0.2, 0.25) is 11.8 Å². The zero-order valence-electron chi connectivity index (χ0n) is 23.3. The number of ether oxygens (including phenoxy) is 1. The van der Waals surface area contributed by atoms with E-state index in [1.807, 2.05) is 38.3 Å². The third-order valence-corrected chi connectivity index (χ3v) is 7.22. The molecule has 3 amide bonds. The maximum absolute atomic E-state index is 14.2. The summed E-state index contributed by atoms with van der Waals surface area (Å²) >= 11 is 1.61. The summed E-state index contributed by atoms with van der Waals surface area (Å²) in [4.78, 5) is 42.3. The van der Waals surface area contributed by atoms with Crippen LogP contribution in [0.2, 0.25) is 0 Å². The van der Waals surface area contributed by atoms with Gasteiger partial charge >= 0.3 is 6.09 Å². The molecule has 0 heterocycles. The lowest BCUT2D eigenvalue weighted by Gasteiger charge is -2.36.